The Hall–Kier alpha value is -1.58. The largest absolute Gasteiger partial charge is 0.497 e. The highest BCUT2D eigenvalue weighted by Gasteiger charge is 2.09. The van der Waals surface area contributed by atoms with Gasteiger partial charge in [-0.15, -0.1) is 13.2 Å². The minimum absolute atomic E-state index is 0.0312. The van der Waals surface area contributed by atoms with Crippen LogP contribution in [0.15, 0.2) is 49.1 Å². The van der Waals surface area contributed by atoms with Crippen LogP contribution in [-0.2, 0) is 16.1 Å². The third-order valence-electron chi connectivity index (χ3n) is 2.76. The molecular weight excluding hydrogens is 252 g/mol. The van der Waals surface area contributed by atoms with Crippen molar-refractivity contribution in [3.8, 4) is 5.75 Å². The summed E-state index contributed by atoms with van der Waals surface area (Å²) in [6.07, 6.45) is 2.58. The fraction of sp³-hybridized carbons (Fsp3) is 0.412. The molecule has 0 fully saturated rings. The Balaban J connectivity index is 2.37. The molecule has 1 aromatic rings. The molecule has 0 spiro atoms. The maximum absolute atomic E-state index is 5.71. The molecule has 1 rings (SSSR count). The Kier molecular flexibility index (Phi) is 7.70. The summed E-state index contributed by atoms with van der Waals surface area (Å²) in [6, 6.07) is 7.85. The van der Waals surface area contributed by atoms with Crippen LogP contribution in [0, 0.1) is 0 Å². The quantitative estimate of drug-likeness (QED) is 0.609. The highest BCUT2D eigenvalue weighted by molar-refractivity contribution is 5.26. The van der Waals surface area contributed by atoms with Gasteiger partial charge in [-0.3, -0.25) is 0 Å². The summed E-state index contributed by atoms with van der Waals surface area (Å²) in [4.78, 5) is 0. The molecule has 3 nitrogen and oxygen atoms in total. The van der Waals surface area contributed by atoms with E-state index in [9.17, 15) is 0 Å². The lowest BCUT2D eigenvalue weighted by molar-refractivity contribution is -0.0106. The Labute approximate surface area is 121 Å². The van der Waals surface area contributed by atoms with E-state index in [-0.39, 0.29) is 6.10 Å². The third kappa shape index (κ3) is 6.55. The molecule has 1 atom stereocenters. The van der Waals surface area contributed by atoms with Gasteiger partial charge in [0.25, 0.3) is 0 Å². The van der Waals surface area contributed by atoms with Gasteiger partial charge in [0.05, 0.1) is 33.0 Å². The van der Waals surface area contributed by atoms with Crippen LogP contribution in [0.25, 0.3) is 0 Å². The van der Waals surface area contributed by atoms with E-state index in [0.29, 0.717) is 19.8 Å². The van der Waals surface area contributed by atoms with E-state index in [1.165, 1.54) is 0 Å². The Bertz CT molecular complexity index is 409. The Morgan fingerprint density at radius 3 is 2.55 bits per heavy atom. The van der Waals surface area contributed by atoms with Crippen LogP contribution in [0.4, 0.5) is 0 Å². The normalized spacial score (nSPS) is 11.9. The molecule has 0 aliphatic rings. The fourth-order valence-corrected chi connectivity index (χ4v) is 1.79. The SMILES string of the molecule is C=CCO[C@H](COCc1ccc(OC)cc1)CC(=C)C. The summed E-state index contributed by atoms with van der Waals surface area (Å²) in [6.45, 7) is 11.2. The first kappa shape index (κ1) is 16.5. The second kappa shape index (κ2) is 9.34. The molecule has 0 bridgehead atoms. The van der Waals surface area contributed by atoms with Crippen molar-refractivity contribution < 1.29 is 14.2 Å². The van der Waals surface area contributed by atoms with Crippen LogP contribution in [0.5, 0.6) is 5.75 Å². The summed E-state index contributed by atoms with van der Waals surface area (Å²) < 4.78 is 16.5. The predicted octanol–water partition coefficient (Wildman–Crippen LogP) is 3.75. The number of hydrogen-bond acceptors (Lipinski definition) is 3. The van der Waals surface area contributed by atoms with Gasteiger partial charge in [-0.1, -0.05) is 23.8 Å². The highest BCUT2D eigenvalue weighted by atomic mass is 16.5. The number of ether oxygens (including phenoxy) is 3. The first-order chi connectivity index (χ1) is 9.65. The maximum Gasteiger partial charge on any atom is 0.118 e. The summed E-state index contributed by atoms with van der Waals surface area (Å²) in [7, 11) is 1.66. The van der Waals surface area contributed by atoms with E-state index in [0.717, 1.165) is 23.3 Å². The predicted molar refractivity (Wildman–Crippen MR) is 82.0 cm³/mol. The summed E-state index contributed by atoms with van der Waals surface area (Å²) >= 11 is 0. The molecule has 0 unspecified atom stereocenters. The van der Waals surface area contributed by atoms with E-state index in [1.54, 1.807) is 13.2 Å². The van der Waals surface area contributed by atoms with Crippen molar-refractivity contribution in [3.63, 3.8) is 0 Å². The van der Waals surface area contributed by atoms with E-state index >= 15 is 0 Å². The van der Waals surface area contributed by atoms with E-state index in [4.69, 9.17) is 14.2 Å². The number of benzene rings is 1. The van der Waals surface area contributed by atoms with Gasteiger partial charge in [0, 0.05) is 0 Å². The van der Waals surface area contributed by atoms with Crippen LogP contribution < -0.4 is 4.74 Å². The second-order valence-corrected chi connectivity index (χ2v) is 4.77. The highest BCUT2D eigenvalue weighted by Crippen LogP contribution is 2.13. The number of methoxy groups -OCH3 is 1. The molecule has 0 aliphatic heterocycles. The van der Waals surface area contributed by atoms with Crippen LogP contribution in [0.2, 0.25) is 0 Å². The van der Waals surface area contributed by atoms with Crippen molar-refractivity contribution >= 4 is 0 Å². The topological polar surface area (TPSA) is 27.7 Å². The molecule has 0 saturated carbocycles. The van der Waals surface area contributed by atoms with Gasteiger partial charge in [0.1, 0.15) is 5.75 Å². The van der Waals surface area contributed by atoms with E-state index in [2.05, 4.69) is 13.2 Å². The number of hydrogen-bond donors (Lipinski definition) is 0. The molecule has 0 heterocycles. The van der Waals surface area contributed by atoms with E-state index < -0.39 is 0 Å². The van der Waals surface area contributed by atoms with Crippen LogP contribution in [0.1, 0.15) is 18.9 Å². The zero-order chi connectivity index (χ0) is 14.8. The fourth-order valence-electron chi connectivity index (χ4n) is 1.79. The van der Waals surface area contributed by atoms with Gasteiger partial charge in [-0.2, -0.15) is 0 Å². The molecule has 0 aliphatic carbocycles. The first-order valence-electron chi connectivity index (χ1n) is 6.73. The second-order valence-electron chi connectivity index (χ2n) is 4.77. The van der Waals surface area contributed by atoms with Crippen molar-refractivity contribution in [2.75, 3.05) is 20.3 Å². The molecule has 1 aromatic carbocycles. The van der Waals surface area contributed by atoms with Crippen LogP contribution >= 0.6 is 0 Å². The van der Waals surface area contributed by atoms with E-state index in [1.807, 2.05) is 31.2 Å². The smallest absolute Gasteiger partial charge is 0.118 e. The lowest BCUT2D eigenvalue weighted by Gasteiger charge is -2.17. The minimum atomic E-state index is 0.0312. The molecule has 0 radical (unpaired) electrons. The molecule has 0 saturated heterocycles. The first-order valence-corrected chi connectivity index (χ1v) is 6.73. The average Bonchev–Trinajstić information content (AvgIpc) is 2.44. The third-order valence-corrected chi connectivity index (χ3v) is 2.76. The zero-order valence-corrected chi connectivity index (χ0v) is 12.4. The molecule has 0 aromatic heterocycles. The summed E-state index contributed by atoms with van der Waals surface area (Å²) in [5, 5.41) is 0. The summed E-state index contributed by atoms with van der Waals surface area (Å²) in [5.74, 6) is 0.850. The molecule has 20 heavy (non-hydrogen) atoms. The van der Waals surface area contributed by atoms with Crippen molar-refractivity contribution in [1.82, 2.24) is 0 Å². The number of rotatable bonds is 10. The van der Waals surface area contributed by atoms with Gasteiger partial charge in [-0.25, -0.2) is 0 Å². The standard InChI is InChI=1S/C17H24O3/c1-5-10-20-17(11-14(2)3)13-19-12-15-6-8-16(18-4)9-7-15/h5-9,17H,1-2,10-13H2,3-4H3/t17-/m0/s1. The van der Waals surface area contributed by atoms with Gasteiger partial charge in [-0.05, 0) is 31.0 Å². The van der Waals surface area contributed by atoms with Gasteiger partial charge in [0.15, 0.2) is 0 Å². The monoisotopic (exact) mass is 276 g/mol. The van der Waals surface area contributed by atoms with Crippen molar-refractivity contribution in [2.24, 2.45) is 0 Å². The Morgan fingerprint density at radius 1 is 1.30 bits per heavy atom. The van der Waals surface area contributed by atoms with Crippen LogP contribution in [0.3, 0.4) is 0 Å². The lowest BCUT2D eigenvalue weighted by atomic mass is 10.1. The molecule has 3 heteroatoms. The van der Waals surface area contributed by atoms with Crippen molar-refractivity contribution in [2.45, 2.75) is 26.1 Å². The molecular formula is C17H24O3. The Morgan fingerprint density at radius 2 is 2.00 bits per heavy atom. The van der Waals surface area contributed by atoms with Crippen LogP contribution in [-0.4, -0.2) is 26.4 Å². The zero-order valence-electron chi connectivity index (χ0n) is 12.4. The van der Waals surface area contributed by atoms with Gasteiger partial charge in [0.2, 0.25) is 0 Å². The van der Waals surface area contributed by atoms with Crippen molar-refractivity contribution in [3.05, 3.63) is 54.6 Å². The van der Waals surface area contributed by atoms with Crippen molar-refractivity contribution in [1.29, 1.82) is 0 Å². The van der Waals surface area contributed by atoms with Gasteiger partial charge < -0.3 is 14.2 Å². The molecule has 110 valence electrons. The van der Waals surface area contributed by atoms with Gasteiger partial charge >= 0.3 is 0 Å². The maximum atomic E-state index is 5.71. The molecule has 0 amide bonds. The minimum Gasteiger partial charge on any atom is -0.497 e. The summed E-state index contributed by atoms with van der Waals surface area (Å²) in [5.41, 5.74) is 2.20. The lowest BCUT2D eigenvalue weighted by Crippen LogP contribution is -2.20. The molecule has 0 N–H and O–H groups in total. The average molecular weight is 276 g/mol.